The van der Waals surface area contributed by atoms with E-state index in [-0.39, 0.29) is 4.90 Å². The molecule has 2 N–H and O–H groups in total. The standard InChI is InChI=1S/C11H15BrN2O2S/c1-8(2)7-14(3)17(15,16)11-5-4-9(13)6-10(11)12/h4-6H,1,7,13H2,2-3H3. The highest BCUT2D eigenvalue weighted by Crippen LogP contribution is 2.26. The van der Waals surface area contributed by atoms with Crippen LogP contribution in [0.3, 0.4) is 0 Å². The molecule has 0 saturated heterocycles. The van der Waals surface area contributed by atoms with E-state index in [2.05, 4.69) is 22.5 Å². The van der Waals surface area contributed by atoms with Gasteiger partial charge in [-0.1, -0.05) is 12.2 Å². The molecule has 0 aliphatic rings. The summed E-state index contributed by atoms with van der Waals surface area (Å²) in [5.41, 5.74) is 6.87. The third kappa shape index (κ3) is 3.31. The Balaban J connectivity index is 3.17. The van der Waals surface area contributed by atoms with Crippen molar-refractivity contribution < 1.29 is 8.42 Å². The first-order valence-corrected chi connectivity index (χ1v) is 7.14. The molecule has 0 aliphatic carbocycles. The summed E-state index contributed by atoms with van der Waals surface area (Å²) in [6.45, 7) is 5.77. The number of halogens is 1. The van der Waals surface area contributed by atoms with Gasteiger partial charge in [0.25, 0.3) is 0 Å². The van der Waals surface area contributed by atoms with E-state index < -0.39 is 10.0 Å². The Hall–Kier alpha value is -0.850. The van der Waals surface area contributed by atoms with Crippen molar-refractivity contribution >= 4 is 31.6 Å². The lowest BCUT2D eigenvalue weighted by Gasteiger charge is -2.18. The first-order valence-electron chi connectivity index (χ1n) is 4.91. The molecule has 0 bridgehead atoms. The molecule has 0 fully saturated rings. The fourth-order valence-electron chi connectivity index (χ4n) is 1.36. The molecule has 0 spiro atoms. The van der Waals surface area contributed by atoms with Crippen LogP contribution in [0.4, 0.5) is 5.69 Å². The van der Waals surface area contributed by atoms with Crippen molar-refractivity contribution in [2.24, 2.45) is 0 Å². The Morgan fingerprint density at radius 3 is 2.59 bits per heavy atom. The van der Waals surface area contributed by atoms with E-state index in [4.69, 9.17) is 5.73 Å². The van der Waals surface area contributed by atoms with Gasteiger partial charge in [-0.05, 0) is 41.1 Å². The van der Waals surface area contributed by atoms with Gasteiger partial charge < -0.3 is 5.73 Å². The minimum absolute atomic E-state index is 0.204. The van der Waals surface area contributed by atoms with Crippen molar-refractivity contribution in [1.82, 2.24) is 4.31 Å². The van der Waals surface area contributed by atoms with Gasteiger partial charge in [-0.15, -0.1) is 0 Å². The highest BCUT2D eigenvalue weighted by Gasteiger charge is 2.23. The molecule has 0 radical (unpaired) electrons. The fourth-order valence-corrected chi connectivity index (χ4v) is 3.64. The molecule has 0 aliphatic heterocycles. The molecule has 0 unspecified atom stereocenters. The van der Waals surface area contributed by atoms with Crippen molar-refractivity contribution in [3.8, 4) is 0 Å². The van der Waals surface area contributed by atoms with Crippen LogP contribution in [0.25, 0.3) is 0 Å². The molecule has 6 heteroatoms. The second kappa shape index (κ2) is 5.20. The van der Waals surface area contributed by atoms with Crippen molar-refractivity contribution in [3.63, 3.8) is 0 Å². The molecular weight excluding hydrogens is 304 g/mol. The van der Waals surface area contributed by atoms with Gasteiger partial charge in [0.15, 0.2) is 0 Å². The second-order valence-electron chi connectivity index (χ2n) is 3.91. The van der Waals surface area contributed by atoms with Crippen LogP contribution in [-0.4, -0.2) is 26.3 Å². The summed E-state index contributed by atoms with van der Waals surface area (Å²) in [4.78, 5) is 0.204. The van der Waals surface area contributed by atoms with Crippen LogP contribution in [0.1, 0.15) is 6.92 Å². The smallest absolute Gasteiger partial charge is 0.244 e. The number of likely N-dealkylation sites (N-methyl/N-ethyl adjacent to an activating group) is 1. The van der Waals surface area contributed by atoms with Gasteiger partial charge in [0.05, 0.1) is 4.90 Å². The number of benzene rings is 1. The summed E-state index contributed by atoms with van der Waals surface area (Å²) in [7, 11) is -1.99. The van der Waals surface area contributed by atoms with E-state index in [0.29, 0.717) is 16.7 Å². The summed E-state index contributed by atoms with van der Waals surface area (Å²) < 4.78 is 26.1. The highest BCUT2D eigenvalue weighted by molar-refractivity contribution is 9.10. The molecular formula is C11H15BrN2O2S. The molecule has 17 heavy (non-hydrogen) atoms. The van der Waals surface area contributed by atoms with E-state index in [1.165, 1.54) is 17.4 Å². The number of rotatable bonds is 4. The van der Waals surface area contributed by atoms with Crippen LogP contribution in [-0.2, 0) is 10.0 Å². The summed E-state index contributed by atoms with van der Waals surface area (Å²) in [5, 5.41) is 0. The van der Waals surface area contributed by atoms with Gasteiger partial charge in [-0.3, -0.25) is 0 Å². The summed E-state index contributed by atoms with van der Waals surface area (Å²) in [6, 6.07) is 4.62. The lowest BCUT2D eigenvalue weighted by molar-refractivity contribution is 0.492. The van der Waals surface area contributed by atoms with Gasteiger partial charge >= 0.3 is 0 Å². The van der Waals surface area contributed by atoms with Gasteiger partial charge in [-0.2, -0.15) is 4.31 Å². The van der Waals surface area contributed by atoms with Crippen LogP contribution in [0.5, 0.6) is 0 Å². The zero-order chi connectivity index (χ0) is 13.2. The van der Waals surface area contributed by atoms with Crippen molar-refractivity contribution in [3.05, 3.63) is 34.8 Å². The number of sulfonamides is 1. The average Bonchev–Trinajstić information content (AvgIpc) is 2.15. The first kappa shape index (κ1) is 14.2. The van der Waals surface area contributed by atoms with Crippen LogP contribution < -0.4 is 5.73 Å². The summed E-state index contributed by atoms with van der Waals surface area (Å²) in [6.07, 6.45) is 0. The number of hydrogen-bond donors (Lipinski definition) is 1. The monoisotopic (exact) mass is 318 g/mol. The van der Waals surface area contributed by atoms with E-state index in [1.807, 2.05) is 0 Å². The summed E-state index contributed by atoms with van der Waals surface area (Å²) in [5.74, 6) is 0. The Labute approximate surface area is 110 Å². The number of nitrogens with zero attached hydrogens (tertiary/aromatic N) is 1. The Morgan fingerprint density at radius 2 is 2.12 bits per heavy atom. The maximum Gasteiger partial charge on any atom is 0.244 e. The fraction of sp³-hybridized carbons (Fsp3) is 0.273. The molecule has 94 valence electrons. The second-order valence-corrected chi connectivity index (χ2v) is 6.78. The Kier molecular flexibility index (Phi) is 4.35. The topological polar surface area (TPSA) is 63.4 Å². The minimum atomic E-state index is -3.51. The van der Waals surface area contributed by atoms with Crippen LogP contribution in [0, 0.1) is 0 Å². The third-order valence-electron chi connectivity index (χ3n) is 2.14. The van der Waals surface area contributed by atoms with E-state index in [1.54, 1.807) is 19.1 Å². The Bertz CT molecular complexity index is 540. The minimum Gasteiger partial charge on any atom is -0.399 e. The molecule has 1 aromatic rings. The van der Waals surface area contributed by atoms with Gasteiger partial charge in [0, 0.05) is 23.8 Å². The lowest BCUT2D eigenvalue weighted by atomic mass is 10.3. The van der Waals surface area contributed by atoms with Crippen LogP contribution in [0.15, 0.2) is 39.7 Å². The maximum atomic E-state index is 12.2. The predicted octanol–water partition coefficient (Wildman–Crippen LogP) is 2.23. The lowest BCUT2D eigenvalue weighted by Crippen LogP contribution is -2.28. The van der Waals surface area contributed by atoms with Crippen molar-refractivity contribution in [1.29, 1.82) is 0 Å². The van der Waals surface area contributed by atoms with E-state index in [9.17, 15) is 8.42 Å². The normalized spacial score (nSPS) is 11.8. The molecule has 0 atom stereocenters. The van der Waals surface area contributed by atoms with Gasteiger partial charge in [0.2, 0.25) is 10.0 Å². The zero-order valence-corrected chi connectivity index (χ0v) is 12.2. The predicted molar refractivity (Wildman–Crippen MR) is 73.2 cm³/mol. The van der Waals surface area contributed by atoms with Gasteiger partial charge in [0.1, 0.15) is 0 Å². The third-order valence-corrected chi connectivity index (χ3v) is 4.92. The molecule has 0 amide bonds. The SMILES string of the molecule is C=C(C)CN(C)S(=O)(=O)c1ccc(N)cc1Br. The van der Waals surface area contributed by atoms with Crippen LogP contribution in [0.2, 0.25) is 0 Å². The van der Waals surface area contributed by atoms with Gasteiger partial charge in [-0.25, -0.2) is 8.42 Å². The number of nitrogen functional groups attached to an aromatic ring is 1. The van der Waals surface area contributed by atoms with Crippen molar-refractivity contribution in [2.75, 3.05) is 19.3 Å². The highest BCUT2D eigenvalue weighted by atomic mass is 79.9. The maximum absolute atomic E-state index is 12.2. The number of anilines is 1. The van der Waals surface area contributed by atoms with E-state index in [0.717, 1.165) is 5.57 Å². The number of hydrogen-bond acceptors (Lipinski definition) is 3. The first-order chi connectivity index (χ1) is 7.75. The molecule has 1 aromatic carbocycles. The number of nitrogens with two attached hydrogens (primary N) is 1. The zero-order valence-electron chi connectivity index (χ0n) is 9.77. The van der Waals surface area contributed by atoms with Crippen LogP contribution >= 0.6 is 15.9 Å². The summed E-state index contributed by atoms with van der Waals surface area (Å²) >= 11 is 3.21. The van der Waals surface area contributed by atoms with E-state index >= 15 is 0 Å². The molecule has 0 heterocycles. The average molecular weight is 319 g/mol. The quantitative estimate of drug-likeness (QED) is 0.684. The molecule has 0 aromatic heterocycles. The van der Waals surface area contributed by atoms with Crippen molar-refractivity contribution in [2.45, 2.75) is 11.8 Å². The molecule has 4 nitrogen and oxygen atoms in total. The largest absolute Gasteiger partial charge is 0.399 e. The molecule has 1 rings (SSSR count). The molecule has 0 saturated carbocycles. The Morgan fingerprint density at radius 1 is 1.53 bits per heavy atom.